The van der Waals surface area contributed by atoms with Crippen LogP contribution in [0.25, 0.3) is 0 Å². The molecular formula is C13H18O4. The highest BCUT2D eigenvalue weighted by Gasteiger charge is 2.09. The molecule has 0 saturated carbocycles. The van der Waals surface area contributed by atoms with Gasteiger partial charge in [0.25, 0.3) is 0 Å². The van der Waals surface area contributed by atoms with Crippen LogP contribution >= 0.6 is 0 Å². The highest BCUT2D eigenvalue weighted by Crippen LogP contribution is 2.21. The van der Waals surface area contributed by atoms with Crippen molar-refractivity contribution in [2.24, 2.45) is 0 Å². The standard InChI is InChI=1S/C13H18O4/c1-2-9-17-11-5-3-10(4-6-11)12(14)7-8-13(15)16/h3-6,12,14H,2,7-9H2,1H3,(H,15,16). The number of carboxylic acid groups (broad SMARTS) is 1. The Kier molecular flexibility index (Phi) is 5.49. The molecule has 0 fully saturated rings. The van der Waals surface area contributed by atoms with E-state index in [1.54, 1.807) is 24.3 Å². The van der Waals surface area contributed by atoms with Gasteiger partial charge >= 0.3 is 5.97 Å². The second-order valence-electron chi connectivity index (χ2n) is 3.87. The fraction of sp³-hybridized carbons (Fsp3) is 0.462. The summed E-state index contributed by atoms with van der Waals surface area (Å²) in [5.41, 5.74) is 0.718. The molecule has 1 unspecified atom stereocenters. The van der Waals surface area contributed by atoms with Gasteiger partial charge in [0.05, 0.1) is 12.7 Å². The van der Waals surface area contributed by atoms with Crippen molar-refractivity contribution < 1.29 is 19.7 Å². The Labute approximate surface area is 101 Å². The monoisotopic (exact) mass is 238 g/mol. The van der Waals surface area contributed by atoms with Gasteiger partial charge in [-0.25, -0.2) is 0 Å². The Bertz CT molecular complexity index is 345. The lowest BCUT2D eigenvalue weighted by atomic mass is 10.1. The average Bonchev–Trinajstić information content (AvgIpc) is 2.34. The van der Waals surface area contributed by atoms with Gasteiger partial charge in [0.15, 0.2) is 0 Å². The number of aliphatic carboxylic acids is 1. The van der Waals surface area contributed by atoms with Gasteiger partial charge in [-0.2, -0.15) is 0 Å². The van der Waals surface area contributed by atoms with Crippen molar-refractivity contribution in [3.8, 4) is 5.75 Å². The molecule has 0 spiro atoms. The van der Waals surface area contributed by atoms with Crippen LogP contribution in [0.5, 0.6) is 5.75 Å². The van der Waals surface area contributed by atoms with Crippen LogP contribution in [-0.2, 0) is 4.79 Å². The summed E-state index contributed by atoms with van der Waals surface area (Å²) < 4.78 is 5.41. The first-order valence-electron chi connectivity index (χ1n) is 5.76. The summed E-state index contributed by atoms with van der Waals surface area (Å²) in [4.78, 5) is 10.4. The number of ether oxygens (including phenoxy) is 1. The van der Waals surface area contributed by atoms with E-state index in [4.69, 9.17) is 9.84 Å². The molecular weight excluding hydrogens is 220 g/mol. The molecule has 94 valence electrons. The number of carbonyl (C=O) groups is 1. The van der Waals surface area contributed by atoms with Crippen LogP contribution in [0.15, 0.2) is 24.3 Å². The smallest absolute Gasteiger partial charge is 0.303 e. The third-order valence-corrected chi connectivity index (χ3v) is 2.37. The summed E-state index contributed by atoms with van der Waals surface area (Å²) >= 11 is 0. The minimum atomic E-state index is -0.896. The molecule has 0 heterocycles. The number of aliphatic hydroxyl groups excluding tert-OH is 1. The quantitative estimate of drug-likeness (QED) is 0.765. The van der Waals surface area contributed by atoms with Gasteiger partial charge in [0.2, 0.25) is 0 Å². The van der Waals surface area contributed by atoms with Crippen molar-refractivity contribution in [1.82, 2.24) is 0 Å². The molecule has 0 saturated heterocycles. The zero-order chi connectivity index (χ0) is 12.7. The molecule has 0 amide bonds. The van der Waals surface area contributed by atoms with Gasteiger partial charge in [-0.15, -0.1) is 0 Å². The first-order valence-corrected chi connectivity index (χ1v) is 5.76. The summed E-state index contributed by atoms with van der Waals surface area (Å²) in [6.45, 7) is 2.70. The first-order chi connectivity index (χ1) is 8.13. The van der Waals surface area contributed by atoms with Crippen LogP contribution < -0.4 is 4.74 Å². The zero-order valence-corrected chi connectivity index (χ0v) is 9.93. The van der Waals surface area contributed by atoms with Gasteiger partial charge < -0.3 is 14.9 Å². The predicted octanol–water partition coefficient (Wildman–Crippen LogP) is 2.37. The van der Waals surface area contributed by atoms with E-state index in [9.17, 15) is 9.90 Å². The molecule has 0 aromatic heterocycles. The summed E-state index contributed by atoms with van der Waals surface area (Å²) in [7, 11) is 0. The lowest BCUT2D eigenvalue weighted by Gasteiger charge is -2.10. The Morgan fingerprint density at radius 1 is 1.35 bits per heavy atom. The van der Waals surface area contributed by atoms with Gasteiger partial charge in [0, 0.05) is 6.42 Å². The molecule has 0 bridgehead atoms. The van der Waals surface area contributed by atoms with E-state index in [1.165, 1.54) is 0 Å². The maximum atomic E-state index is 10.4. The number of carboxylic acids is 1. The Hall–Kier alpha value is -1.55. The second-order valence-corrected chi connectivity index (χ2v) is 3.87. The number of hydrogen-bond donors (Lipinski definition) is 2. The van der Waals surface area contributed by atoms with Gasteiger partial charge in [0.1, 0.15) is 5.75 Å². The van der Waals surface area contributed by atoms with E-state index >= 15 is 0 Å². The van der Waals surface area contributed by atoms with Crippen LogP contribution in [0.1, 0.15) is 37.9 Å². The van der Waals surface area contributed by atoms with Gasteiger partial charge in [-0.05, 0) is 30.5 Å². The summed E-state index contributed by atoms with van der Waals surface area (Å²) in [5.74, 6) is -0.131. The molecule has 17 heavy (non-hydrogen) atoms. The van der Waals surface area contributed by atoms with Crippen LogP contribution in [0.4, 0.5) is 0 Å². The fourth-order valence-electron chi connectivity index (χ4n) is 1.43. The van der Waals surface area contributed by atoms with Crippen molar-refractivity contribution in [3.63, 3.8) is 0 Å². The summed E-state index contributed by atoms with van der Waals surface area (Å²) in [6.07, 6.45) is 0.411. The molecule has 1 atom stereocenters. The first kappa shape index (κ1) is 13.5. The van der Waals surface area contributed by atoms with Crippen LogP contribution in [0, 0.1) is 0 Å². The second kappa shape index (κ2) is 6.91. The largest absolute Gasteiger partial charge is 0.494 e. The van der Waals surface area contributed by atoms with Crippen molar-refractivity contribution in [1.29, 1.82) is 0 Å². The third-order valence-electron chi connectivity index (χ3n) is 2.37. The summed E-state index contributed by atoms with van der Waals surface area (Å²) in [5, 5.41) is 18.3. The van der Waals surface area contributed by atoms with Crippen LogP contribution in [-0.4, -0.2) is 22.8 Å². The molecule has 0 aliphatic heterocycles. The van der Waals surface area contributed by atoms with E-state index in [1.807, 2.05) is 6.92 Å². The molecule has 2 N–H and O–H groups in total. The lowest BCUT2D eigenvalue weighted by Crippen LogP contribution is -2.02. The Balaban J connectivity index is 2.51. The van der Waals surface area contributed by atoms with E-state index in [0.717, 1.165) is 17.7 Å². The number of rotatable bonds is 7. The normalized spacial score (nSPS) is 12.1. The summed E-state index contributed by atoms with van der Waals surface area (Å²) in [6, 6.07) is 7.10. The fourth-order valence-corrected chi connectivity index (χ4v) is 1.43. The minimum Gasteiger partial charge on any atom is -0.494 e. The average molecular weight is 238 g/mol. The lowest BCUT2D eigenvalue weighted by molar-refractivity contribution is -0.137. The molecule has 4 heteroatoms. The molecule has 1 rings (SSSR count). The predicted molar refractivity (Wildman–Crippen MR) is 64.1 cm³/mol. The topological polar surface area (TPSA) is 66.8 Å². The molecule has 4 nitrogen and oxygen atoms in total. The van der Waals surface area contributed by atoms with Crippen molar-refractivity contribution in [2.75, 3.05) is 6.61 Å². The number of aliphatic hydroxyl groups is 1. The maximum Gasteiger partial charge on any atom is 0.303 e. The highest BCUT2D eigenvalue weighted by atomic mass is 16.5. The van der Waals surface area contributed by atoms with E-state index < -0.39 is 12.1 Å². The van der Waals surface area contributed by atoms with Gasteiger partial charge in [-0.1, -0.05) is 19.1 Å². The van der Waals surface area contributed by atoms with E-state index in [-0.39, 0.29) is 12.8 Å². The molecule has 0 aliphatic carbocycles. The van der Waals surface area contributed by atoms with Gasteiger partial charge in [-0.3, -0.25) is 4.79 Å². The molecule has 0 radical (unpaired) electrons. The Morgan fingerprint density at radius 2 is 2.00 bits per heavy atom. The van der Waals surface area contributed by atoms with Crippen LogP contribution in [0.2, 0.25) is 0 Å². The van der Waals surface area contributed by atoms with Crippen molar-refractivity contribution in [2.45, 2.75) is 32.3 Å². The third kappa shape index (κ3) is 4.87. The highest BCUT2D eigenvalue weighted by molar-refractivity contribution is 5.66. The van der Waals surface area contributed by atoms with E-state index in [0.29, 0.717) is 6.61 Å². The molecule has 0 aliphatic rings. The molecule has 1 aromatic rings. The van der Waals surface area contributed by atoms with Crippen molar-refractivity contribution in [3.05, 3.63) is 29.8 Å². The maximum absolute atomic E-state index is 10.4. The van der Waals surface area contributed by atoms with E-state index in [2.05, 4.69) is 0 Å². The Morgan fingerprint density at radius 3 is 2.53 bits per heavy atom. The zero-order valence-electron chi connectivity index (χ0n) is 9.93. The van der Waals surface area contributed by atoms with Crippen LogP contribution in [0.3, 0.4) is 0 Å². The SMILES string of the molecule is CCCOc1ccc(C(O)CCC(=O)O)cc1. The number of hydrogen-bond acceptors (Lipinski definition) is 3. The van der Waals surface area contributed by atoms with Crippen molar-refractivity contribution >= 4 is 5.97 Å². The minimum absolute atomic E-state index is 0.0325. The molecule has 1 aromatic carbocycles. The number of benzene rings is 1.